The van der Waals surface area contributed by atoms with Gasteiger partial charge in [0.05, 0.1) is 27.5 Å². The highest BCUT2D eigenvalue weighted by atomic mass is 32.2. The fraction of sp³-hybridized carbons (Fsp3) is 0.161. The molecule has 3 aromatic carbocycles. The zero-order chi connectivity index (χ0) is 28.6. The van der Waals surface area contributed by atoms with E-state index in [2.05, 4.69) is 0 Å². The minimum absolute atomic E-state index is 0.00596. The molecule has 4 aromatic rings. The van der Waals surface area contributed by atoms with E-state index < -0.39 is 27.3 Å². The monoisotopic (exact) mass is 572 g/mol. The molecule has 9 heteroatoms. The summed E-state index contributed by atoms with van der Waals surface area (Å²) in [6, 6.07) is 22.7. The van der Waals surface area contributed by atoms with Gasteiger partial charge in [0.2, 0.25) is 9.84 Å². The summed E-state index contributed by atoms with van der Waals surface area (Å²) in [5.74, 6) is -2.03. The van der Waals surface area contributed by atoms with Crippen LogP contribution in [0.15, 0.2) is 93.5 Å². The lowest BCUT2D eigenvalue weighted by molar-refractivity contribution is -0.136. The van der Waals surface area contributed by atoms with Gasteiger partial charge in [-0.25, -0.2) is 13.2 Å². The Morgan fingerprint density at radius 3 is 2.17 bits per heavy atom. The summed E-state index contributed by atoms with van der Waals surface area (Å²) >= 11 is 1.09. The summed E-state index contributed by atoms with van der Waals surface area (Å²) in [6.45, 7) is 5.62. The van der Waals surface area contributed by atoms with Crippen LogP contribution in [0.2, 0.25) is 0 Å². The Labute approximate surface area is 236 Å². The fourth-order valence-corrected chi connectivity index (χ4v) is 7.58. The number of hydrogen-bond donors (Lipinski definition) is 1. The van der Waals surface area contributed by atoms with Crippen LogP contribution in [0.5, 0.6) is 0 Å². The Kier molecular flexibility index (Phi) is 7.35. The van der Waals surface area contributed by atoms with Gasteiger partial charge in [0.15, 0.2) is 0 Å². The van der Waals surface area contributed by atoms with Crippen molar-refractivity contribution in [3.63, 3.8) is 0 Å². The van der Waals surface area contributed by atoms with Crippen molar-refractivity contribution in [3.8, 4) is 0 Å². The summed E-state index contributed by atoms with van der Waals surface area (Å²) in [6.07, 6.45) is 1.71. The van der Waals surface area contributed by atoms with Crippen LogP contribution < -0.4 is 20.5 Å². The fourth-order valence-electron chi connectivity index (χ4n) is 4.72. The summed E-state index contributed by atoms with van der Waals surface area (Å²) in [5.41, 5.74) is 9.53. The molecule has 1 aliphatic rings. The molecule has 1 aliphatic heterocycles. The van der Waals surface area contributed by atoms with Crippen LogP contribution in [-0.2, 0) is 19.4 Å². The second-order valence-corrected chi connectivity index (χ2v) is 12.5. The number of nitrogens with zero attached hydrogens (tertiary/aromatic N) is 1. The molecule has 0 saturated heterocycles. The van der Waals surface area contributed by atoms with Crippen LogP contribution in [-0.4, -0.2) is 25.6 Å². The number of thiazole rings is 1. The topological polar surface area (TPSA) is 108 Å². The molecule has 0 saturated carbocycles. The van der Waals surface area contributed by atoms with Gasteiger partial charge in [-0.3, -0.25) is 9.36 Å². The van der Waals surface area contributed by atoms with Gasteiger partial charge < -0.3 is 10.5 Å². The molecular formula is C31H28N2O5S2. The minimum atomic E-state index is -4.25. The van der Waals surface area contributed by atoms with E-state index in [4.69, 9.17) is 10.5 Å². The minimum Gasteiger partial charge on any atom is -0.463 e. The van der Waals surface area contributed by atoms with Crippen LogP contribution in [0.3, 0.4) is 0 Å². The zero-order valence-electron chi connectivity index (χ0n) is 22.2. The number of hydrogen-bond acceptors (Lipinski definition) is 7. The van der Waals surface area contributed by atoms with E-state index >= 15 is 0 Å². The van der Waals surface area contributed by atoms with Crippen LogP contribution in [0.25, 0.3) is 17.5 Å². The Balaban J connectivity index is 1.92. The normalized spacial score (nSPS) is 15.7. The van der Waals surface area contributed by atoms with Crippen LogP contribution in [0.1, 0.15) is 35.1 Å². The first kappa shape index (κ1) is 27.4. The van der Waals surface area contributed by atoms with Gasteiger partial charge in [-0.05, 0) is 50.1 Å². The molecule has 2 N–H and O–H groups in total. The van der Waals surface area contributed by atoms with Crippen molar-refractivity contribution >= 4 is 44.6 Å². The smallest absolute Gasteiger partial charge is 0.338 e. The molecular weight excluding hydrogens is 544 g/mol. The Morgan fingerprint density at radius 2 is 1.57 bits per heavy atom. The number of aromatic nitrogens is 1. The third-order valence-electron chi connectivity index (χ3n) is 6.72. The standard InChI is InChI=1S/C31H28N2O5S2/c1-4-38-31(35)26-25(22-16-12-20(3)13-17-22)27(40(36,37)23-8-6-5-7-9-23)28(32)33-29(34)24(39-30(26)33)18-21-14-10-19(2)11-15-21/h5-18,25H,4,32H2,1-3H3. The number of fused-ring (bicyclic) bond motifs is 1. The quantitative estimate of drug-likeness (QED) is 0.355. The molecule has 0 spiro atoms. The summed E-state index contributed by atoms with van der Waals surface area (Å²) in [4.78, 5) is 27.2. The predicted octanol–water partition coefficient (Wildman–Crippen LogP) is 3.43. The maximum Gasteiger partial charge on any atom is 0.338 e. The molecule has 0 radical (unpaired) electrons. The van der Waals surface area contributed by atoms with Gasteiger partial charge in [-0.2, -0.15) is 0 Å². The molecule has 0 aliphatic carbocycles. The van der Waals surface area contributed by atoms with Gasteiger partial charge in [0.1, 0.15) is 15.4 Å². The van der Waals surface area contributed by atoms with Crippen LogP contribution in [0, 0.1) is 13.8 Å². The summed E-state index contributed by atoms with van der Waals surface area (Å²) < 4.78 is 35.5. The molecule has 2 heterocycles. The summed E-state index contributed by atoms with van der Waals surface area (Å²) in [5, 5.41) is 0. The zero-order valence-corrected chi connectivity index (χ0v) is 23.9. The first-order valence-corrected chi connectivity index (χ1v) is 15.0. The van der Waals surface area contributed by atoms with E-state index in [1.54, 1.807) is 43.3 Å². The molecule has 5 rings (SSSR count). The second kappa shape index (κ2) is 10.7. The highest BCUT2D eigenvalue weighted by Crippen LogP contribution is 2.42. The first-order chi connectivity index (χ1) is 19.1. The number of aryl methyl sites for hydroxylation is 2. The van der Waals surface area contributed by atoms with Gasteiger partial charge in [0, 0.05) is 0 Å². The van der Waals surface area contributed by atoms with E-state index in [1.165, 1.54) is 12.1 Å². The molecule has 1 aromatic heterocycles. The average Bonchev–Trinajstić information content (AvgIpc) is 3.26. The molecule has 40 heavy (non-hydrogen) atoms. The number of carbonyl (C=O) groups is 1. The SMILES string of the molecule is CCOC(=O)C1=c2sc(=Cc3ccc(C)cc3)c(=O)n2C(N)=C(S(=O)(=O)c2ccccc2)C1c1ccc(C)cc1. The van der Waals surface area contributed by atoms with E-state index in [1.807, 2.05) is 50.2 Å². The van der Waals surface area contributed by atoms with Gasteiger partial charge in [-0.15, -0.1) is 11.3 Å². The number of ether oxygens (including phenoxy) is 1. The van der Waals surface area contributed by atoms with E-state index in [0.29, 0.717) is 10.1 Å². The molecule has 204 valence electrons. The second-order valence-electron chi connectivity index (χ2n) is 9.51. The number of sulfone groups is 1. The van der Waals surface area contributed by atoms with E-state index in [0.717, 1.165) is 32.6 Å². The molecule has 1 unspecified atom stereocenters. The van der Waals surface area contributed by atoms with Crippen molar-refractivity contribution < 1.29 is 17.9 Å². The van der Waals surface area contributed by atoms with Crippen molar-refractivity contribution in [2.75, 3.05) is 6.61 Å². The van der Waals surface area contributed by atoms with Gasteiger partial charge in [-0.1, -0.05) is 77.9 Å². The average molecular weight is 573 g/mol. The highest BCUT2D eigenvalue weighted by Gasteiger charge is 2.42. The van der Waals surface area contributed by atoms with E-state index in [-0.39, 0.29) is 32.5 Å². The molecule has 1 atom stereocenters. The number of carbonyl (C=O) groups excluding carboxylic acids is 1. The Morgan fingerprint density at radius 1 is 0.975 bits per heavy atom. The lowest BCUT2D eigenvalue weighted by Crippen LogP contribution is -2.41. The van der Waals surface area contributed by atoms with Crippen LogP contribution in [0.4, 0.5) is 0 Å². The first-order valence-electron chi connectivity index (χ1n) is 12.7. The number of allylic oxidation sites excluding steroid dienone is 1. The number of benzene rings is 3. The molecule has 7 nitrogen and oxygen atoms in total. The largest absolute Gasteiger partial charge is 0.463 e. The maximum atomic E-state index is 14.2. The Bertz CT molecular complexity index is 1920. The van der Waals surface area contributed by atoms with E-state index in [9.17, 15) is 18.0 Å². The summed E-state index contributed by atoms with van der Waals surface area (Å²) in [7, 11) is -4.25. The predicted molar refractivity (Wildman–Crippen MR) is 158 cm³/mol. The van der Waals surface area contributed by atoms with Crippen molar-refractivity contribution in [2.24, 2.45) is 5.73 Å². The third-order valence-corrected chi connectivity index (χ3v) is 9.75. The van der Waals surface area contributed by atoms with Crippen molar-refractivity contribution in [1.29, 1.82) is 0 Å². The number of rotatable bonds is 6. The Hall–Kier alpha value is -4.21. The van der Waals surface area contributed by atoms with Gasteiger partial charge >= 0.3 is 5.97 Å². The third kappa shape index (κ3) is 4.82. The van der Waals surface area contributed by atoms with Crippen molar-refractivity contribution in [3.05, 3.63) is 126 Å². The van der Waals surface area contributed by atoms with Crippen LogP contribution >= 0.6 is 11.3 Å². The molecule has 0 bridgehead atoms. The highest BCUT2D eigenvalue weighted by molar-refractivity contribution is 7.95. The van der Waals surface area contributed by atoms with Gasteiger partial charge in [0.25, 0.3) is 5.56 Å². The lowest BCUT2D eigenvalue weighted by Gasteiger charge is -2.28. The molecule has 0 amide bonds. The lowest BCUT2D eigenvalue weighted by atomic mass is 9.89. The number of esters is 1. The maximum absolute atomic E-state index is 14.2. The molecule has 0 fully saturated rings. The van der Waals surface area contributed by atoms with Crippen molar-refractivity contribution in [2.45, 2.75) is 31.6 Å². The van der Waals surface area contributed by atoms with Crippen molar-refractivity contribution in [1.82, 2.24) is 4.57 Å². The number of nitrogens with two attached hydrogens (primary N) is 1.